The Morgan fingerprint density at radius 2 is 1.87 bits per heavy atom. The van der Waals surface area contributed by atoms with Crippen molar-refractivity contribution in [3.8, 4) is 0 Å². The number of nitrogens with zero attached hydrogens (tertiary/aromatic N) is 2. The molecular formula is C18H13Cl2IN2. The first-order valence-electron chi connectivity index (χ1n) is 6.90. The summed E-state index contributed by atoms with van der Waals surface area (Å²) in [7, 11) is 1.97. The molecule has 1 aliphatic rings. The highest BCUT2D eigenvalue weighted by Gasteiger charge is 2.25. The first kappa shape index (κ1) is 16.6. The Morgan fingerprint density at radius 1 is 1.17 bits per heavy atom. The highest BCUT2D eigenvalue weighted by molar-refractivity contribution is 14.1. The summed E-state index contributed by atoms with van der Waals surface area (Å²) in [5.74, 6) is 0. The molecule has 5 heteroatoms. The van der Waals surface area contributed by atoms with Crippen molar-refractivity contribution in [1.29, 1.82) is 0 Å². The molecule has 1 aromatic heterocycles. The van der Waals surface area contributed by atoms with E-state index in [9.17, 15) is 0 Å². The fourth-order valence-electron chi connectivity index (χ4n) is 2.47. The van der Waals surface area contributed by atoms with Gasteiger partial charge in [0.25, 0.3) is 0 Å². The van der Waals surface area contributed by atoms with Gasteiger partial charge in [-0.2, -0.15) is 0 Å². The smallest absolute Gasteiger partial charge is 0.106 e. The molecule has 0 aliphatic carbocycles. The van der Waals surface area contributed by atoms with Gasteiger partial charge in [-0.15, -0.1) is 0 Å². The molecule has 0 atom stereocenters. The van der Waals surface area contributed by atoms with Crippen LogP contribution >= 0.6 is 45.8 Å². The zero-order valence-electron chi connectivity index (χ0n) is 12.4. The summed E-state index contributed by atoms with van der Waals surface area (Å²) in [6, 6.07) is 11.9. The van der Waals surface area contributed by atoms with Crippen LogP contribution in [0.15, 0.2) is 64.5 Å². The first-order valence-corrected chi connectivity index (χ1v) is 8.74. The van der Waals surface area contributed by atoms with Gasteiger partial charge in [-0.05, 0) is 40.3 Å². The predicted octanol–water partition coefficient (Wildman–Crippen LogP) is 6.03. The van der Waals surface area contributed by atoms with E-state index in [0.717, 1.165) is 26.1 Å². The second-order valence-corrected chi connectivity index (χ2v) is 7.12. The Morgan fingerprint density at radius 3 is 2.52 bits per heavy atom. The lowest BCUT2D eigenvalue weighted by Crippen LogP contribution is -2.21. The summed E-state index contributed by atoms with van der Waals surface area (Å²) >= 11 is 14.7. The summed E-state index contributed by atoms with van der Waals surface area (Å²) in [5, 5.41) is 1.04. The van der Waals surface area contributed by atoms with Crippen LogP contribution in [0.1, 0.15) is 11.3 Å². The van der Waals surface area contributed by atoms with E-state index in [1.165, 1.54) is 0 Å². The van der Waals surface area contributed by atoms with Crippen molar-refractivity contribution < 1.29 is 0 Å². The van der Waals surface area contributed by atoms with Gasteiger partial charge in [0.05, 0.1) is 15.7 Å². The highest BCUT2D eigenvalue weighted by atomic mass is 127. The first-order chi connectivity index (χ1) is 11.0. The van der Waals surface area contributed by atoms with E-state index < -0.39 is 0 Å². The molecule has 0 fully saturated rings. The molecule has 1 aromatic carbocycles. The maximum Gasteiger partial charge on any atom is 0.106 e. The zero-order valence-corrected chi connectivity index (χ0v) is 16.0. The quantitative estimate of drug-likeness (QED) is 0.514. The lowest BCUT2D eigenvalue weighted by Gasteiger charge is -2.31. The SMILES string of the molecule is C=C1C(I)=CC(c2ccccc2)=C(c2ncc(Cl)cc2Cl)N1C. The van der Waals surface area contributed by atoms with Crippen molar-refractivity contribution in [1.82, 2.24) is 9.88 Å². The molecule has 0 amide bonds. The minimum absolute atomic E-state index is 0.517. The van der Waals surface area contributed by atoms with E-state index >= 15 is 0 Å². The molecule has 0 spiro atoms. The van der Waals surface area contributed by atoms with Crippen LogP contribution in [-0.2, 0) is 0 Å². The van der Waals surface area contributed by atoms with E-state index in [0.29, 0.717) is 15.7 Å². The molecule has 0 saturated carbocycles. The van der Waals surface area contributed by atoms with Gasteiger partial charge < -0.3 is 4.90 Å². The summed E-state index contributed by atoms with van der Waals surface area (Å²) in [6.07, 6.45) is 3.72. The predicted molar refractivity (Wildman–Crippen MR) is 107 cm³/mol. The number of hydrogen-bond acceptors (Lipinski definition) is 2. The Bertz CT molecular complexity index is 841. The van der Waals surface area contributed by atoms with Crippen LogP contribution in [0.4, 0.5) is 0 Å². The standard InChI is InChI=1S/C18H13Cl2IN2/c1-11-16(21)9-14(12-6-4-3-5-7-12)18(23(11)2)17-15(20)8-13(19)10-22-17/h3-10H,1H2,2H3. The van der Waals surface area contributed by atoms with Gasteiger partial charge in [0, 0.05) is 28.1 Å². The number of halogens is 3. The number of hydrogen-bond donors (Lipinski definition) is 0. The third-order valence-electron chi connectivity index (χ3n) is 3.66. The third kappa shape index (κ3) is 3.18. The molecular weight excluding hydrogens is 442 g/mol. The monoisotopic (exact) mass is 454 g/mol. The van der Waals surface area contributed by atoms with Gasteiger partial charge in [-0.1, -0.05) is 60.1 Å². The van der Waals surface area contributed by atoms with Gasteiger partial charge in [0.2, 0.25) is 0 Å². The van der Waals surface area contributed by atoms with Gasteiger partial charge in [-0.3, -0.25) is 4.98 Å². The Kier molecular flexibility index (Phi) is 4.80. The Hall–Kier alpha value is -1.30. The van der Waals surface area contributed by atoms with Crippen molar-refractivity contribution in [3.05, 3.63) is 85.8 Å². The molecule has 2 heterocycles. The minimum atomic E-state index is 0.517. The molecule has 23 heavy (non-hydrogen) atoms. The number of likely N-dealkylation sites (N-methyl/N-ethyl adjacent to an activating group) is 1. The lowest BCUT2D eigenvalue weighted by atomic mass is 9.97. The van der Waals surface area contributed by atoms with Crippen LogP contribution < -0.4 is 0 Å². The largest absolute Gasteiger partial charge is 0.342 e. The van der Waals surface area contributed by atoms with E-state index in [1.54, 1.807) is 12.3 Å². The average Bonchev–Trinajstić information content (AvgIpc) is 2.54. The molecule has 0 radical (unpaired) electrons. The van der Waals surface area contributed by atoms with Crippen molar-refractivity contribution in [2.45, 2.75) is 0 Å². The van der Waals surface area contributed by atoms with Crippen LogP contribution in [0.25, 0.3) is 11.3 Å². The van der Waals surface area contributed by atoms with E-state index in [1.807, 2.05) is 30.1 Å². The number of pyridine rings is 1. The number of allylic oxidation sites excluding steroid dienone is 3. The fourth-order valence-corrected chi connectivity index (χ4v) is 3.61. The van der Waals surface area contributed by atoms with Crippen LogP contribution in [0.5, 0.6) is 0 Å². The minimum Gasteiger partial charge on any atom is -0.342 e. The summed E-state index contributed by atoms with van der Waals surface area (Å²) in [4.78, 5) is 6.47. The fraction of sp³-hybridized carbons (Fsp3) is 0.0556. The highest BCUT2D eigenvalue weighted by Crippen LogP contribution is 2.41. The van der Waals surface area contributed by atoms with Gasteiger partial charge in [0.15, 0.2) is 0 Å². The number of rotatable bonds is 2. The molecule has 1 aliphatic heterocycles. The van der Waals surface area contributed by atoms with Gasteiger partial charge in [-0.25, -0.2) is 0 Å². The van der Waals surface area contributed by atoms with Crippen LogP contribution in [-0.4, -0.2) is 16.9 Å². The van der Waals surface area contributed by atoms with Crippen LogP contribution in [0.3, 0.4) is 0 Å². The van der Waals surface area contributed by atoms with E-state index in [4.69, 9.17) is 23.2 Å². The second-order valence-electron chi connectivity index (χ2n) is 5.11. The number of benzene rings is 1. The van der Waals surface area contributed by atoms with E-state index in [-0.39, 0.29) is 0 Å². The zero-order chi connectivity index (χ0) is 16.6. The summed E-state index contributed by atoms with van der Waals surface area (Å²) in [6.45, 7) is 4.15. The molecule has 2 aromatic rings. The summed E-state index contributed by atoms with van der Waals surface area (Å²) < 4.78 is 1.08. The van der Waals surface area contributed by atoms with E-state index in [2.05, 4.69) is 52.4 Å². The molecule has 116 valence electrons. The maximum absolute atomic E-state index is 6.41. The molecule has 0 unspecified atom stereocenters. The topological polar surface area (TPSA) is 16.1 Å². The third-order valence-corrected chi connectivity index (χ3v) is 5.09. The molecule has 2 nitrogen and oxygen atoms in total. The van der Waals surface area contributed by atoms with Crippen molar-refractivity contribution >= 4 is 57.1 Å². The summed E-state index contributed by atoms with van der Waals surface area (Å²) in [5.41, 5.74) is 4.68. The van der Waals surface area contributed by atoms with Gasteiger partial charge >= 0.3 is 0 Å². The van der Waals surface area contributed by atoms with Crippen LogP contribution in [0.2, 0.25) is 10.0 Å². The maximum atomic E-state index is 6.41. The van der Waals surface area contributed by atoms with Gasteiger partial charge in [0.1, 0.15) is 5.69 Å². The Balaban J connectivity index is 2.30. The van der Waals surface area contributed by atoms with Crippen molar-refractivity contribution in [2.75, 3.05) is 7.05 Å². The Labute approximate surface area is 159 Å². The van der Waals surface area contributed by atoms with Crippen molar-refractivity contribution in [3.63, 3.8) is 0 Å². The normalized spacial score (nSPS) is 15.0. The molecule has 0 bridgehead atoms. The second kappa shape index (κ2) is 6.67. The van der Waals surface area contributed by atoms with Crippen molar-refractivity contribution in [2.24, 2.45) is 0 Å². The average molecular weight is 455 g/mol. The molecule has 3 rings (SSSR count). The lowest BCUT2D eigenvalue weighted by molar-refractivity contribution is 0.613. The molecule has 0 saturated heterocycles. The molecule has 0 N–H and O–H groups in total. The van der Waals surface area contributed by atoms with Crippen LogP contribution in [0, 0.1) is 0 Å². The number of aromatic nitrogens is 1.